The molecule has 1 aliphatic heterocycles. The lowest BCUT2D eigenvalue weighted by atomic mass is 10.0. The quantitative estimate of drug-likeness (QED) is 0.889. The Bertz CT molecular complexity index is 390. The van der Waals surface area contributed by atoms with Crippen molar-refractivity contribution < 1.29 is 4.39 Å². The zero-order valence-electron chi connectivity index (χ0n) is 12.7. The molecule has 1 aromatic rings. The summed E-state index contributed by atoms with van der Waals surface area (Å²) in [6.45, 7) is 7.97. The normalized spacial score (nSPS) is 22.4. The molecule has 0 bridgehead atoms. The van der Waals surface area contributed by atoms with Gasteiger partial charge in [-0.15, -0.1) is 0 Å². The average Bonchev–Trinajstić information content (AvgIpc) is 2.67. The fourth-order valence-electron chi connectivity index (χ4n) is 3.06. The zero-order chi connectivity index (χ0) is 14.4. The standard InChI is InChI=1S/C17H27FN2/c1-3-5-17-13-20(11-4-10-19-17)14(2)12-15-6-8-16(18)9-7-15/h6-9,14,17,19H,3-5,10-13H2,1-2H3. The summed E-state index contributed by atoms with van der Waals surface area (Å²) >= 11 is 0. The number of hydrogen-bond acceptors (Lipinski definition) is 2. The summed E-state index contributed by atoms with van der Waals surface area (Å²) < 4.78 is 12.9. The number of rotatable bonds is 5. The molecule has 1 heterocycles. The molecular formula is C17H27FN2. The van der Waals surface area contributed by atoms with Gasteiger partial charge in [0.25, 0.3) is 0 Å². The van der Waals surface area contributed by atoms with Gasteiger partial charge in [-0.25, -0.2) is 4.39 Å². The van der Waals surface area contributed by atoms with E-state index in [0.29, 0.717) is 12.1 Å². The molecule has 20 heavy (non-hydrogen) atoms. The first-order valence-electron chi connectivity index (χ1n) is 7.91. The molecule has 1 N–H and O–H groups in total. The Kier molecular flexibility index (Phi) is 5.99. The molecule has 0 spiro atoms. The van der Waals surface area contributed by atoms with Crippen molar-refractivity contribution in [3.05, 3.63) is 35.6 Å². The van der Waals surface area contributed by atoms with Gasteiger partial charge in [0.2, 0.25) is 0 Å². The molecule has 112 valence electrons. The molecule has 2 nitrogen and oxygen atoms in total. The van der Waals surface area contributed by atoms with Crippen LogP contribution in [0.2, 0.25) is 0 Å². The van der Waals surface area contributed by atoms with E-state index in [2.05, 4.69) is 24.1 Å². The number of nitrogens with zero attached hydrogens (tertiary/aromatic N) is 1. The van der Waals surface area contributed by atoms with Crippen LogP contribution in [0, 0.1) is 5.82 Å². The van der Waals surface area contributed by atoms with E-state index in [1.165, 1.54) is 24.8 Å². The molecule has 0 aromatic heterocycles. The van der Waals surface area contributed by atoms with Gasteiger partial charge in [0.15, 0.2) is 0 Å². The third kappa shape index (κ3) is 4.57. The lowest BCUT2D eigenvalue weighted by molar-refractivity contribution is 0.201. The van der Waals surface area contributed by atoms with Gasteiger partial charge in [-0.05, 0) is 57.0 Å². The Labute approximate surface area is 122 Å². The topological polar surface area (TPSA) is 15.3 Å². The molecule has 2 rings (SSSR count). The van der Waals surface area contributed by atoms with E-state index >= 15 is 0 Å². The van der Waals surface area contributed by atoms with Crippen LogP contribution in [0.25, 0.3) is 0 Å². The Morgan fingerprint density at radius 3 is 2.80 bits per heavy atom. The Morgan fingerprint density at radius 2 is 2.10 bits per heavy atom. The molecule has 3 heteroatoms. The highest BCUT2D eigenvalue weighted by Crippen LogP contribution is 2.14. The number of halogens is 1. The van der Waals surface area contributed by atoms with E-state index in [0.717, 1.165) is 26.1 Å². The molecule has 1 aliphatic rings. The van der Waals surface area contributed by atoms with E-state index in [1.54, 1.807) is 12.1 Å². The molecule has 0 saturated carbocycles. The second kappa shape index (κ2) is 7.75. The molecule has 0 aliphatic carbocycles. The van der Waals surface area contributed by atoms with E-state index in [1.807, 2.05) is 12.1 Å². The van der Waals surface area contributed by atoms with E-state index in [9.17, 15) is 4.39 Å². The van der Waals surface area contributed by atoms with Crippen LogP contribution in [0.4, 0.5) is 4.39 Å². The summed E-state index contributed by atoms with van der Waals surface area (Å²) in [4.78, 5) is 2.59. The minimum absolute atomic E-state index is 0.150. The summed E-state index contributed by atoms with van der Waals surface area (Å²) in [5.74, 6) is -0.150. The SMILES string of the molecule is CCCC1CN(C(C)Cc2ccc(F)cc2)CCCN1. The van der Waals surface area contributed by atoms with Gasteiger partial charge in [0.05, 0.1) is 0 Å². The van der Waals surface area contributed by atoms with Crippen LogP contribution in [-0.4, -0.2) is 36.6 Å². The van der Waals surface area contributed by atoms with Crippen LogP contribution in [0.1, 0.15) is 38.7 Å². The summed E-state index contributed by atoms with van der Waals surface area (Å²) in [6.07, 6.45) is 4.70. The molecule has 0 radical (unpaired) electrons. The molecule has 0 amide bonds. The fourth-order valence-corrected chi connectivity index (χ4v) is 3.06. The molecular weight excluding hydrogens is 251 g/mol. The Morgan fingerprint density at radius 1 is 1.35 bits per heavy atom. The van der Waals surface area contributed by atoms with Crippen LogP contribution in [0.3, 0.4) is 0 Å². The highest BCUT2D eigenvalue weighted by Gasteiger charge is 2.21. The van der Waals surface area contributed by atoms with Crippen molar-refractivity contribution in [3.63, 3.8) is 0 Å². The van der Waals surface area contributed by atoms with Crippen LogP contribution < -0.4 is 5.32 Å². The molecule has 1 saturated heterocycles. The maximum Gasteiger partial charge on any atom is 0.123 e. The first-order valence-corrected chi connectivity index (χ1v) is 7.91. The van der Waals surface area contributed by atoms with Crippen LogP contribution >= 0.6 is 0 Å². The first kappa shape index (κ1) is 15.5. The second-order valence-electron chi connectivity index (χ2n) is 5.97. The van der Waals surface area contributed by atoms with E-state index < -0.39 is 0 Å². The Hall–Kier alpha value is -0.930. The Balaban J connectivity index is 1.92. The highest BCUT2D eigenvalue weighted by molar-refractivity contribution is 5.17. The largest absolute Gasteiger partial charge is 0.313 e. The average molecular weight is 278 g/mol. The van der Waals surface area contributed by atoms with Gasteiger partial charge in [-0.3, -0.25) is 4.90 Å². The van der Waals surface area contributed by atoms with Crippen molar-refractivity contribution >= 4 is 0 Å². The van der Waals surface area contributed by atoms with Crippen LogP contribution in [0.5, 0.6) is 0 Å². The molecule has 1 aromatic carbocycles. The minimum atomic E-state index is -0.150. The summed E-state index contributed by atoms with van der Waals surface area (Å²) in [5.41, 5.74) is 1.23. The number of nitrogens with one attached hydrogen (secondary N) is 1. The highest BCUT2D eigenvalue weighted by atomic mass is 19.1. The summed E-state index contributed by atoms with van der Waals surface area (Å²) in [6, 6.07) is 8.08. The van der Waals surface area contributed by atoms with Crippen molar-refractivity contribution in [1.82, 2.24) is 10.2 Å². The lowest BCUT2D eigenvalue weighted by Gasteiger charge is -2.30. The van der Waals surface area contributed by atoms with Gasteiger partial charge in [-0.1, -0.05) is 25.5 Å². The second-order valence-corrected chi connectivity index (χ2v) is 5.97. The van der Waals surface area contributed by atoms with Crippen molar-refractivity contribution in [2.45, 2.75) is 51.6 Å². The summed E-state index contributed by atoms with van der Waals surface area (Å²) in [7, 11) is 0. The van der Waals surface area contributed by atoms with Crippen molar-refractivity contribution in [2.24, 2.45) is 0 Å². The third-order valence-corrected chi connectivity index (χ3v) is 4.21. The number of benzene rings is 1. The minimum Gasteiger partial charge on any atom is -0.313 e. The smallest absolute Gasteiger partial charge is 0.123 e. The first-order chi connectivity index (χ1) is 9.69. The van der Waals surface area contributed by atoms with Gasteiger partial charge in [0.1, 0.15) is 5.82 Å². The van der Waals surface area contributed by atoms with Crippen molar-refractivity contribution in [1.29, 1.82) is 0 Å². The van der Waals surface area contributed by atoms with E-state index in [4.69, 9.17) is 0 Å². The van der Waals surface area contributed by atoms with E-state index in [-0.39, 0.29) is 5.82 Å². The van der Waals surface area contributed by atoms with Crippen molar-refractivity contribution in [2.75, 3.05) is 19.6 Å². The summed E-state index contributed by atoms with van der Waals surface area (Å²) in [5, 5.41) is 3.65. The van der Waals surface area contributed by atoms with Gasteiger partial charge in [-0.2, -0.15) is 0 Å². The maximum atomic E-state index is 12.9. The predicted octanol–water partition coefficient (Wildman–Crippen LogP) is 3.22. The fraction of sp³-hybridized carbons (Fsp3) is 0.647. The predicted molar refractivity (Wildman–Crippen MR) is 82.5 cm³/mol. The zero-order valence-corrected chi connectivity index (χ0v) is 12.7. The number of hydrogen-bond donors (Lipinski definition) is 1. The van der Waals surface area contributed by atoms with Crippen LogP contribution in [0.15, 0.2) is 24.3 Å². The maximum absolute atomic E-state index is 12.9. The van der Waals surface area contributed by atoms with Gasteiger partial charge >= 0.3 is 0 Å². The van der Waals surface area contributed by atoms with Crippen molar-refractivity contribution in [3.8, 4) is 0 Å². The van der Waals surface area contributed by atoms with Crippen LogP contribution in [-0.2, 0) is 6.42 Å². The molecule has 2 atom stereocenters. The third-order valence-electron chi connectivity index (χ3n) is 4.21. The van der Waals surface area contributed by atoms with Gasteiger partial charge in [0, 0.05) is 18.6 Å². The molecule has 2 unspecified atom stereocenters. The monoisotopic (exact) mass is 278 g/mol. The molecule has 1 fully saturated rings. The van der Waals surface area contributed by atoms with Gasteiger partial charge < -0.3 is 5.32 Å². The lowest BCUT2D eigenvalue weighted by Crippen LogP contribution is -2.42.